The van der Waals surface area contributed by atoms with Crippen LogP contribution in [0.2, 0.25) is 0 Å². The first kappa shape index (κ1) is 27.3. The maximum absolute atomic E-state index is 13.7. The van der Waals surface area contributed by atoms with E-state index in [1.807, 2.05) is 31.2 Å². The molecule has 3 aromatic heterocycles. The lowest BCUT2D eigenvalue weighted by Crippen LogP contribution is -2.41. The molecule has 2 unspecified atom stereocenters. The van der Waals surface area contributed by atoms with Gasteiger partial charge in [-0.2, -0.15) is 0 Å². The number of aromatic nitrogens is 3. The lowest BCUT2D eigenvalue weighted by Gasteiger charge is -2.28. The fourth-order valence-corrected chi connectivity index (χ4v) is 6.25. The van der Waals surface area contributed by atoms with Crippen LogP contribution < -0.4 is 16.0 Å². The predicted molar refractivity (Wildman–Crippen MR) is 147 cm³/mol. The summed E-state index contributed by atoms with van der Waals surface area (Å²) in [4.78, 5) is 32.8. The largest absolute Gasteiger partial charge is 0.496 e. The minimum atomic E-state index is -0.559. The Bertz CT molecular complexity index is 1530. The summed E-state index contributed by atoms with van der Waals surface area (Å²) in [5, 5.41) is 10.0. The summed E-state index contributed by atoms with van der Waals surface area (Å²) in [6.45, 7) is 4.23. The van der Waals surface area contributed by atoms with Crippen LogP contribution in [0.25, 0.3) is 16.2 Å². The van der Waals surface area contributed by atoms with Gasteiger partial charge in [0.15, 0.2) is 6.29 Å². The van der Waals surface area contributed by atoms with E-state index in [4.69, 9.17) is 18.6 Å². The van der Waals surface area contributed by atoms with E-state index in [0.29, 0.717) is 29.0 Å². The van der Waals surface area contributed by atoms with Crippen LogP contribution >= 0.6 is 11.3 Å². The van der Waals surface area contributed by atoms with Gasteiger partial charge >= 0.3 is 11.7 Å². The Hall–Kier alpha value is -3.25. The molecule has 1 aromatic carbocycles. The van der Waals surface area contributed by atoms with Crippen molar-refractivity contribution in [2.24, 2.45) is 5.92 Å². The molecule has 4 heterocycles. The van der Waals surface area contributed by atoms with Crippen LogP contribution in [0.3, 0.4) is 0 Å². The molecule has 0 bridgehead atoms. The molecule has 1 N–H and O–H groups in total. The lowest BCUT2D eigenvalue weighted by molar-refractivity contribution is -0.189. The SMILES string of the molecule is COc1ccccc1[C@@H](Cc1sc2c(c1C)c(=O)n(CC(C)CO)c(=O)n2-c1ncco1)OC1CCCCO1. The number of aliphatic hydroxyl groups is 1. The smallest absolute Gasteiger partial charge is 0.340 e. The zero-order valence-corrected chi connectivity index (χ0v) is 23.1. The topological polar surface area (TPSA) is 118 Å². The maximum atomic E-state index is 13.7. The Kier molecular flexibility index (Phi) is 8.31. The Morgan fingerprint density at radius 2 is 2.08 bits per heavy atom. The zero-order valence-electron chi connectivity index (χ0n) is 22.3. The van der Waals surface area contributed by atoms with Gasteiger partial charge in [0.25, 0.3) is 5.56 Å². The van der Waals surface area contributed by atoms with Crippen LogP contribution in [0.15, 0.2) is 50.7 Å². The second-order valence-corrected chi connectivity index (χ2v) is 10.9. The van der Waals surface area contributed by atoms with E-state index in [9.17, 15) is 14.7 Å². The number of rotatable bonds is 10. The standard InChI is InChI=1S/C28H33N3O7S/c1-17(16-32)15-30-25(33)24-18(2)22(39-26(24)31(28(30)34)27-29-11-13-37-27)14-21(38-23-10-6-7-12-36-23)19-8-4-5-9-20(19)35-3/h4-5,8-9,11,13,17,21,23,32H,6-7,10,12,14-16H2,1-3H3/t17?,21-,23?/m1/s1. The summed E-state index contributed by atoms with van der Waals surface area (Å²) >= 11 is 1.35. The molecule has 4 aromatic rings. The van der Waals surface area contributed by atoms with Crippen LogP contribution in [0, 0.1) is 12.8 Å². The summed E-state index contributed by atoms with van der Waals surface area (Å²) in [7, 11) is 1.63. The van der Waals surface area contributed by atoms with Crippen molar-refractivity contribution in [2.75, 3.05) is 20.3 Å². The molecule has 1 fully saturated rings. The molecule has 39 heavy (non-hydrogen) atoms. The quantitative estimate of drug-likeness (QED) is 0.312. The van der Waals surface area contributed by atoms with Crippen LogP contribution in [-0.4, -0.2) is 45.8 Å². The van der Waals surface area contributed by atoms with Gasteiger partial charge in [-0.3, -0.25) is 9.36 Å². The number of oxazole rings is 1. The molecule has 1 aliphatic rings. The van der Waals surface area contributed by atoms with E-state index >= 15 is 0 Å². The highest BCUT2D eigenvalue weighted by Crippen LogP contribution is 2.37. The second kappa shape index (κ2) is 11.9. The van der Waals surface area contributed by atoms with Gasteiger partial charge in [0.05, 0.1) is 24.8 Å². The first-order valence-electron chi connectivity index (χ1n) is 13.1. The second-order valence-electron chi connectivity index (χ2n) is 9.83. The number of methoxy groups -OCH3 is 1. The van der Waals surface area contributed by atoms with Crippen molar-refractivity contribution in [3.63, 3.8) is 0 Å². The van der Waals surface area contributed by atoms with Gasteiger partial charge in [0, 0.05) is 36.6 Å². The third-order valence-electron chi connectivity index (χ3n) is 7.04. The highest BCUT2D eigenvalue weighted by molar-refractivity contribution is 7.18. The van der Waals surface area contributed by atoms with E-state index < -0.39 is 17.4 Å². The summed E-state index contributed by atoms with van der Waals surface area (Å²) in [6.07, 6.45) is 5.37. The van der Waals surface area contributed by atoms with Crippen molar-refractivity contribution in [1.82, 2.24) is 14.1 Å². The molecule has 208 valence electrons. The number of para-hydroxylation sites is 1. The fourth-order valence-electron chi connectivity index (χ4n) is 4.94. The fraction of sp³-hybridized carbons (Fsp3) is 0.464. The summed E-state index contributed by atoms with van der Waals surface area (Å²) in [5.74, 6) is 0.414. The minimum Gasteiger partial charge on any atom is -0.496 e. The van der Waals surface area contributed by atoms with Gasteiger partial charge in [0.1, 0.15) is 16.8 Å². The molecule has 3 atom stereocenters. The predicted octanol–water partition coefficient (Wildman–Crippen LogP) is 3.97. The van der Waals surface area contributed by atoms with E-state index in [1.54, 1.807) is 14.0 Å². The molecule has 1 aliphatic heterocycles. The van der Waals surface area contributed by atoms with Crippen molar-refractivity contribution >= 4 is 21.6 Å². The summed E-state index contributed by atoms with van der Waals surface area (Å²) in [5.41, 5.74) is 0.684. The monoisotopic (exact) mass is 555 g/mol. The van der Waals surface area contributed by atoms with Crippen LogP contribution in [0.1, 0.15) is 48.3 Å². The minimum absolute atomic E-state index is 0.0708. The van der Waals surface area contributed by atoms with Crippen LogP contribution in [0.4, 0.5) is 0 Å². The number of aliphatic hydroxyl groups excluding tert-OH is 1. The summed E-state index contributed by atoms with van der Waals surface area (Å²) in [6, 6.07) is 7.80. The Morgan fingerprint density at radius 3 is 2.77 bits per heavy atom. The molecule has 5 rings (SSSR count). The molecule has 1 saturated heterocycles. The number of benzene rings is 1. The maximum Gasteiger partial charge on any atom is 0.340 e. The first-order valence-corrected chi connectivity index (χ1v) is 13.9. The first-order chi connectivity index (χ1) is 18.9. The molecule has 11 heteroatoms. The van der Waals surface area contributed by atoms with E-state index in [1.165, 1.54) is 28.4 Å². The number of ether oxygens (including phenoxy) is 3. The van der Waals surface area contributed by atoms with Crippen molar-refractivity contribution in [3.8, 4) is 11.8 Å². The van der Waals surface area contributed by atoms with Crippen molar-refractivity contribution < 1.29 is 23.7 Å². The number of thiophene rings is 1. The number of aryl methyl sites for hydroxylation is 1. The number of hydrogen-bond acceptors (Lipinski definition) is 9. The molecule has 0 spiro atoms. The summed E-state index contributed by atoms with van der Waals surface area (Å²) < 4.78 is 26.1. The zero-order chi connectivity index (χ0) is 27.5. The van der Waals surface area contributed by atoms with Crippen LogP contribution in [-0.2, 0) is 22.4 Å². The van der Waals surface area contributed by atoms with E-state index in [-0.39, 0.29) is 31.4 Å². The third-order valence-corrected chi connectivity index (χ3v) is 8.34. The van der Waals surface area contributed by atoms with Crippen molar-refractivity contribution in [1.29, 1.82) is 0 Å². The number of fused-ring (bicyclic) bond motifs is 1. The molecule has 0 radical (unpaired) electrons. The highest BCUT2D eigenvalue weighted by atomic mass is 32.1. The van der Waals surface area contributed by atoms with Crippen LogP contribution in [0.5, 0.6) is 5.75 Å². The average molecular weight is 556 g/mol. The van der Waals surface area contributed by atoms with Gasteiger partial charge in [-0.15, -0.1) is 11.3 Å². The van der Waals surface area contributed by atoms with E-state index in [2.05, 4.69) is 4.98 Å². The Labute approximate surface area is 229 Å². The molecule has 10 nitrogen and oxygen atoms in total. The number of nitrogens with zero attached hydrogens (tertiary/aromatic N) is 3. The molecule has 0 aliphatic carbocycles. The van der Waals surface area contributed by atoms with E-state index in [0.717, 1.165) is 39.8 Å². The van der Waals surface area contributed by atoms with Gasteiger partial charge < -0.3 is 23.7 Å². The molecule has 0 saturated carbocycles. The van der Waals surface area contributed by atoms with Gasteiger partial charge in [-0.25, -0.2) is 14.3 Å². The highest BCUT2D eigenvalue weighted by Gasteiger charge is 2.28. The third kappa shape index (κ3) is 5.44. The molecular formula is C28H33N3O7S. The van der Waals surface area contributed by atoms with Crippen molar-refractivity contribution in [2.45, 2.75) is 58.5 Å². The molecule has 0 amide bonds. The normalized spacial score (nSPS) is 17.4. The average Bonchev–Trinajstić information content (AvgIpc) is 3.59. The Balaban J connectivity index is 1.65. The lowest BCUT2D eigenvalue weighted by atomic mass is 10.0. The van der Waals surface area contributed by atoms with Gasteiger partial charge in [-0.05, 0) is 43.7 Å². The van der Waals surface area contributed by atoms with Gasteiger partial charge in [0.2, 0.25) is 0 Å². The molecular weight excluding hydrogens is 522 g/mol. The van der Waals surface area contributed by atoms with Gasteiger partial charge in [-0.1, -0.05) is 25.1 Å². The van der Waals surface area contributed by atoms with Crippen molar-refractivity contribution in [3.05, 3.63) is 73.6 Å². The number of hydrogen-bond donors (Lipinski definition) is 1. The Morgan fingerprint density at radius 1 is 1.26 bits per heavy atom.